The van der Waals surface area contributed by atoms with E-state index in [4.69, 9.17) is 0 Å². The van der Waals surface area contributed by atoms with Gasteiger partial charge in [0.05, 0.1) is 18.2 Å². The Labute approximate surface area is 180 Å². The van der Waals surface area contributed by atoms with Gasteiger partial charge in [-0.3, -0.25) is 9.78 Å². The average molecular weight is 402 g/mol. The molecule has 2 aliphatic heterocycles. The number of nitrogens with zero attached hydrogens (tertiary/aromatic N) is 4. The summed E-state index contributed by atoms with van der Waals surface area (Å²) in [5.74, 6) is -0.776. The minimum atomic E-state index is -1.44. The first-order chi connectivity index (χ1) is 15.2. The van der Waals surface area contributed by atoms with E-state index in [2.05, 4.69) is 17.1 Å². The number of hydrogen-bond donors (Lipinski definition) is 0. The number of ketones is 1. The Morgan fingerprint density at radius 1 is 0.968 bits per heavy atom. The molecule has 0 aliphatic carbocycles. The van der Waals surface area contributed by atoms with Crippen LogP contribution in [0.5, 0.6) is 0 Å². The predicted molar refractivity (Wildman–Crippen MR) is 117 cm³/mol. The van der Waals surface area contributed by atoms with Gasteiger partial charge in [-0.25, -0.2) is 0 Å². The zero-order chi connectivity index (χ0) is 21.4. The minimum absolute atomic E-state index is 0.114. The van der Waals surface area contributed by atoms with Gasteiger partial charge in [0.15, 0.2) is 11.2 Å². The zero-order valence-corrected chi connectivity index (χ0v) is 16.6. The van der Waals surface area contributed by atoms with Crippen molar-refractivity contribution in [3.8, 4) is 12.1 Å². The summed E-state index contributed by atoms with van der Waals surface area (Å²) < 4.78 is 0. The number of benzene rings is 2. The Balaban J connectivity index is 1.79. The summed E-state index contributed by atoms with van der Waals surface area (Å²) >= 11 is 0. The number of carbonyl (C=O) groups is 1. The highest BCUT2D eigenvalue weighted by Crippen LogP contribution is 2.55. The topological polar surface area (TPSA) is 80.8 Å². The standard InChI is InChI=1S/C26H18N4O/c27-16-26(17-28)22-13-12-18-7-4-5-11-21(18)30(22)24(23(26)20-10-6-14-29-15-20)25(31)19-8-2-1-3-9-19/h1-15,22-24H. The number of para-hydroxylation sites is 1. The zero-order valence-electron chi connectivity index (χ0n) is 16.6. The molecule has 5 rings (SSSR count). The van der Waals surface area contributed by atoms with Crippen molar-refractivity contribution in [3.63, 3.8) is 0 Å². The number of hydrogen-bond acceptors (Lipinski definition) is 5. The second-order valence-corrected chi connectivity index (χ2v) is 7.80. The van der Waals surface area contributed by atoms with Gasteiger partial charge in [0.2, 0.25) is 0 Å². The fourth-order valence-electron chi connectivity index (χ4n) is 4.94. The van der Waals surface area contributed by atoms with E-state index in [1.54, 1.807) is 30.6 Å². The predicted octanol–water partition coefficient (Wildman–Crippen LogP) is 4.37. The minimum Gasteiger partial charge on any atom is -0.351 e. The molecule has 0 N–H and O–H groups in total. The summed E-state index contributed by atoms with van der Waals surface area (Å²) in [7, 11) is 0. The first-order valence-corrected chi connectivity index (χ1v) is 10.1. The van der Waals surface area contributed by atoms with Gasteiger partial charge in [-0.15, -0.1) is 0 Å². The monoisotopic (exact) mass is 402 g/mol. The number of anilines is 1. The van der Waals surface area contributed by atoms with E-state index in [-0.39, 0.29) is 5.78 Å². The lowest BCUT2D eigenvalue weighted by Gasteiger charge is -2.35. The average Bonchev–Trinajstić information content (AvgIpc) is 3.15. The molecule has 3 atom stereocenters. The third-order valence-corrected chi connectivity index (χ3v) is 6.29. The molecule has 0 bridgehead atoms. The van der Waals surface area contributed by atoms with Crippen molar-refractivity contribution in [1.29, 1.82) is 10.5 Å². The van der Waals surface area contributed by atoms with E-state index in [0.717, 1.165) is 11.3 Å². The largest absolute Gasteiger partial charge is 0.351 e. The van der Waals surface area contributed by atoms with Crippen LogP contribution < -0.4 is 4.90 Å². The van der Waals surface area contributed by atoms with Crippen molar-refractivity contribution >= 4 is 17.5 Å². The lowest BCUT2D eigenvalue weighted by molar-refractivity contribution is 0.0951. The van der Waals surface area contributed by atoms with Crippen LogP contribution in [0, 0.1) is 28.1 Å². The van der Waals surface area contributed by atoms with E-state index in [1.165, 1.54) is 0 Å². The van der Waals surface area contributed by atoms with Crippen molar-refractivity contribution in [2.45, 2.75) is 18.0 Å². The second-order valence-electron chi connectivity index (χ2n) is 7.80. The molecule has 31 heavy (non-hydrogen) atoms. The molecule has 1 aromatic heterocycles. The lowest BCUT2D eigenvalue weighted by Crippen LogP contribution is -2.44. The molecule has 3 unspecified atom stereocenters. The maximum absolute atomic E-state index is 13.9. The fourth-order valence-corrected chi connectivity index (χ4v) is 4.94. The van der Waals surface area contributed by atoms with Crippen molar-refractivity contribution in [3.05, 3.63) is 102 Å². The van der Waals surface area contributed by atoms with Crippen LogP contribution >= 0.6 is 0 Å². The third kappa shape index (κ3) is 2.68. The molecule has 0 spiro atoms. The van der Waals surface area contributed by atoms with Crippen molar-refractivity contribution in [2.75, 3.05) is 4.90 Å². The van der Waals surface area contributed by atoms with E-state index in [0.29, 0.717) is 11.1 Å². The van der Waals surface area contributed by atoms with Crippen LogP contribution in [0.3, 0.4) is 0 Å². The molecule has 5 nitrogen and oxygen atoms in total. The molecule has 0 radical (unpaired) electrons. The molecule has 0 amide bonds. The van der Waals surface area contributed by atoms with Gasteiger partial charge in [0, 0.05) is 29.6 Å². The number of Topliss-reactive ketones (excluding diaryl/α,β-unsaturated/α-hetero) is 1. The van der Waals surface area contributed by atoms with E-state index in [9.17, 15) is 15.3 Å². The molecule has 148 valence electrons. The molecule has 0 saturated carbocycles. The van der Waals surface area contributed by atoms with Gasteiger partial charge in [-0.05, 0) is 23.3 Å². The summed E-state index contributed by atoms with van der Waals surface area (Å²) in [5.41, 5.74) is 1.63. The molecule has 3 aromatic rings. The Morgan fingerprint density at radius 2 is 1.71 bits per heavy atom. The van der Waals surface area contributed by atoms with Crippen LogP contribution in [0.15, 0.2) is 85.2 Å². The highest BCUT2D eigenvalue weighted by Gasteiger charge is 2.63. The van der Waals surface area contributed by atoms with Gasteiger partial charge in [-0.2, -0.15) is 10.5 Å². The SMILES string of the molecule is N#CC1(C#N)C(c2cccnc2)C(C(=O)c2ccccc2)N2c3ccccc3C=CC21. The molecule has 2 aromatic carbocycles. The summed E-state index contributed by atoms with van der Waals surface area (Å²) in [6.45, 7) is 0. The first kappa shape index (κ1) is 18.8. The molecule has 2 aliphatic rings. The number of aromatic nitrogens is 1. The van der Waals surface area contributed by atoms with Crippen molar-refractivity contribution in [1.82, 2.24) is 4.98 Å². The van der Waals surface area contributed by atoms with Crippen molar-refractivity contribution < 1.29 is 4.79 Å². The van der Waals surface area contributed by atoms with E-state index in [1.807, 2.05) is 65.6 Å². The summed E-state index contributed by atoms with van der Waals surface area (Å²) in [5, 5.41) is 20.7. The van der Waals surface area contributed by atoms with Crippen LogP contribution in [0.1, 0.15) is 27.4 Å². The smallest absolute Gasteiger partial charge is 0.185 e. The quantitative estimate of drug-likeness (QED) is 0.608. The molecule has 1 fully saturated rings. The van der Waals surface area contributed by atoms with Crippen LogP contribution in [0.25, 0.3) is 6.08 Å². The maximum atomic E-state index is 13.9. The van der Waals surface area contributed by atoms with Crippen LogP contribution in [-0.4, -0.2) is 22.9 Å². The summed E-state index contributed by atoms with van der Waals surface area (Å²) in [4.78, 5) is 20.1. The number of nitriles is 2. The normalized spacial score (nSPS) is 22.6. The van der Waals surface area contributed by atoms with Gasteiger partial charge < -0.3 is 4.90 Å². The van der Waals surface area contributed by atoms with E-state index >= 15 is 0 Å². The van der Waals surface area contributed by atoms with E-state index < -0.39 is 23.4 Å². The molecular weight excluding hydrogens is 384 g/mol. The Bertz CT molecular complexity index is 1240. The van der Waals surface area contributed by atoms with Gasteiger partial charge >= 0.3 is 0 Å². The Hall–Kier alpha value is -4.22. The molecular formula is C26H18N4O. The number of carbonyl (C=O) groups excluding carboxylic acids is 1. The van der Waals surface area contributed by atoms with Crippen molar-refractivity contribution in [2.24, 2.45) is 5.41 Å². The van der Waals surface area contributed by atoms with Crippen LogP contribution in [-0.2, 0) is 0 Å². The van der Waals surface area contributed by atoms with Gasteiger partial charge in [0.25, 0.3) is 0 Å². The highest BCUT2D eigenvalue weighted by molar-refractivity contribution is 6.04. The first-order valence-electron chi connectivity index (χ1n) is 10.1. The van der Waals surface area contributed by atoms with Gasteiger partial charge in [0.1, 0.15) is 6.04 Å². The summed E-state index contributed by atoms with van der Waals surface area (Å²) in [6, 6.07) is 23.8. The fraction of sp³-hybridized carbons (Fsp3) is 0.154. The Kier molecular flexibility index (Phi) is 4.38. The summed E-state index contributed by atoms with van der Waals surface area (Å²) in [6.07, 6.45) is 7.13. The second kappa shape index (κ2) is 7.23. The molecule has 1 saturated heterocycles. The van der Waals surface area contributed by atoms with Crippen LogP contribution in [0.4, 0.5) is 5.69 Å². The number of pyridine rings is 1. The number of rotatable bonds is 3. The molecule has 5 heteroatoms. The highest BCUT2D eigenvalue weighted by atomic mass is 16.1. The molecule has 3 heterocycles. The Morgan fingerprint density at radius 3 is 2.42 bits per heavy atom. The maximum Gasteiger partial charge on any atom is 0.185 e. The van der Waals surface area contributed by atoms with Crippen LogP contribution in [0.2, 0.25) is 0 Å². The van der Waals surface area contributed by atoms with Gasteiger partial charge in [-0.1, -0.05) is 66.7 Å². The number of fused-ring (bicyclic) bond motifs is 3. The lowest BCUT2D eigenvalue weighted by atomic mass is 9.69. The third-order valence-electron chi connectivity index (χ3n) is 6.29.